The number of urea groups is 1. The normalized spacial score (nSPS) is 22.3. The van der Waals surface area contributed by atoms with Crippen LogP contribution in [0.25, 0.3) is 5.65 Å². The summed E-state index contributed by atoms with van der Waals surface area (Å²) in [5.74, 6) is -0.782. The minimum Gasteiger partial charge on any atom is -0.391 e. The van der Waals surface area contributed by atoms with E-state index < -0.39 is 29.1 Å². The van der Waals surface area contributed by atoms with E-state index in [2.05, 4.69) is 15.4 Å². The summed E-state index contributed by atoms with van der Waals surface area (Å²) in [5.41, 5.74) is 0.835. The van der Waals surface area contributed by atoms with Crippen molar-refractivity contribution in [3.05, 3.63) is 53.9 Å². The first-order valence-corrected chi connectivity index (χ1v) is 10.6. The van der Waals surface area contributed by atoms with Crippen molar-refractivity contribution < 1.29 is 18.7 Å². The van der Waals surface area contributed by atoms with Gasteiger partial charge in [-0.2, -0.15) is 5.10 Å². The fraction of sp³-hybridized carbons (Fsp3) is 0.381. The van der Waals surface area contributed by atoms with Gasteiger partial charge in [0.25, 0.3) is 0 Å². The Morgan fingerprint density at radius 2 is 2.06 bits per heavy atom. The predicted octanol–water partition coefficient (Wildman–Crippen LogP) is 1.94. The number of carbonyl (C=O) groups excluding carboxylic acids is 1. The predicted molar refractivity (Wildman–Crippen MR) is 119 cm³/mol. The number of carbonyl (C=O) groups is 1. The third-order valence-corrected chi connectivity index (χ3v) is 6.19. The van der Waals surface area contributed by atoms with Crippen LogP contribution in [-0.2, 0) is 0 Å². The van der Waals surface area contributed by atoms with E-state index in [1.165, 1.54) is 15.6 Å². The van der Waals surface area contributed by atoms with Crippen LogP contribution in [0.2, 0.25) is 0 Å². The van der Waals surface area contributed by atoms with E-state index in [0.29, 0.717) is 43.0 Å². The number of amides is 2. The molecule has 0 spiro atoms. The molecule has 3 aromatic rings. The number of aliphatic hydroxyl groups is 1. The van der Waals surface area contributed by atoms with Gasteiger partial charge in [-0.3, -0.25) is 0 Å². The molecule has 2 aliphatic heterocycles. The Hall–Kier alpha value is -3.14. The SMILES string of the molecule is [B]C1([B])CCC(c2cc(F)ccc2F)N1c1ccn2ncc(NC(=O)N3CC[C@H](O)C3)c2n1. The molecule has 4 heterocycles. The van der Waals surface area contributed by atoms with Crippen LogP contribution in [-0.4, -0.2) is 70.9 Å². The molecule has 2 saturated heterocycles. The summed E-state index contributed by atoms with van der Waals surface area (Å²) >= 11 is 0. The molecule has 2 fully saturated rings. The number of anilines is 2. The molecule has 4 radical (unpaired) electrons. The number of aromatic nitrogens is 3. The minimum absolute atomic E-state index is 0.143. The Labute approximate surface area is 191 Å². The third-order valence-electron chi connectivity index (χ3n) is 6.19. The fourth-order valence-corrected chi connectivity index (χ4v) is 4.55. The molecule has 1 aromatic carbocycles. The molecular weight excluding hydrogens is 428 g/mol. The number of fused-ring (bicyclic) bond motifs is 1. The van der Waals surface area contributed by atoms with Crippen molar-refractivity contribution in [2.75, 3.05) is 23.3 Å². The van der Waals surface area contributed by atoms with E-state index in [4.69, 9.17) is 15.7 Å². The van der Waals surface area contributed by atoms with Crippen molar-refractivity contribution in [2.45, 2.75) is 36.7 Å². The zero-order valence-electron chi connectivity index (χ0n) is 17.7. The molecule has 2 amide bonds. The number of hydrogen-bond donors (Lipinski definition) is 2. The second-order valence-corrected chi connectivity index (χ2v) is 8.51. The van der Waals surface area contributed by atoms with Crippen LogP contribution in [0.1, 0.15) is 30.9 Å². The molecule has 0 aliphatic carbocycles. The Morgan fingerprint density at radius 1 is 1.24 bits per heavy atom. The summed E-state index contributed by atoms with van der Waals surface area (Å²) in [7, 11) is 12.7. The smallest absolute Gasteiger partial charge is 0.322 e. The van der Waals surface area contributed by atoms with Crippen molar-refractivity contribution in [2.24, 2.45) is 0 Å². The highest BCUT2D eigenvalue weighted by Gasteiger charge is 2.41. The average Bonchev–Trinajstić information content (AvgIpc) is 3.46. The summed E-state index contributed by atoms with van der Waals surface area (Å²) < 4.78 is 29.9. The Morgan fingerprint density at radius 3 is 2.82 bits per heavy atom. The van der Waals surface area contributed by atoms with Crippen molar-refractivity contribution in [1.82, 2.24) is 19.5 Å². The Bertz CT molecular complexity index is 1220. The van der Waals surface area contributed by atoms with Crippen molar-refractivity contribution in [3.8, 4) is 0 Å². The highest BCUT2D eigenvalue weighted by atomic mass is 19.1. The molecule has 0 bridgehead atoms. The third kappa shape index (κ3) is 3.92. The van der Waals surface area contributed by atoms with E-state index in [1.54, 1.807) is 17.2 Å². The molecule has 2 atom stereocenters. The number of nitrogens with zero attached hydrogens (tertiary/aromatic N) is 5. The monoisotopic (exact) mass is 448 g/mol. The molecule has 5 rings (SSSR count). The lowest BCUT2D eigenvalue weighted by atomic mass is 9.60. The summed E-state index contributed by atoms with van der Waals surface area (Å²) in [6, 6.07) is 3.90. The van der Waals surface area contributed by atoms with Gasteiger partial charge in [-0.1, -0.05) is 0 Å². The molecule has 2 aromatic heterocycles. The van der Waals surface area contributed by atoms with Crippen LogP contribution < -0.4 is 10.2 Å². The van der Waals surface area contributed by atoms with Gasteiger partial charge >= 0.3 is 6.03 Å². The van der Waals surface area contributed by atoms with Crippen molar-refractivity contribution >= 4 is 38.9 Å². The van der Waals surface area contributed by atoms with E-state index in [0.717, 1.165) is 18.2 Å². The molecular formula is C21H20B2F2N6O2. The number of likely N-dealkylation sites (tertiary alicyclic amines) is 1. The number of hydrogen-bond acceptors (Lipinski definition) is 5. The number of nitrogens with one attached hydrogen (secondary N) is 1. The highest BCUT2D eigenvalue weighted by molar-refractivity contribution is 6.42. The molecule has 8 nitrogen and oxygen atoms in total. The van der Waals surface area contributed by atoms with Gasteiger partial charge in [-0.25, -0.2) is 23.1 Å². The largest absolute Gasteiger partial charge is 0.391 e. The minimum atomic E-state index is -1.34. The van der Waals surface area contributed by atoms with Gasteiger partial charge in [-0.05, 0) is 48.9 Å². The maximum atomic E-state index is 14.6. The van der Waals surface area contributed by atoms with Gasteiger partial charge in [0, 0.05) is 24.8 Å². The summed E-state index contributed by atoms with van der Waals surface area (Å²) in [6.07, 6.45) is 3.80. The summed E-state index contributed by atoms with van der Waals surface area (Å²) in [6.45, 7) is 0.698. The van der Waals surface area contributed by atoms with Gasteiger partial charge in [-0.15, -0.1) is 0 Å². The molecule has 12 heteroatoms. The number of rotatable bonds is 3. The van der Waals surface area contributed by atoms with Gasteiger partial charge in [0.1, 0.15) is 23.1 Å². The lowest BCUT2D eigenvalue weighted by Gasteiger charge is -2.38. The molecule has 2 aliphatic rings. The number of aliphatic hydroxyl groups excluding tert-OH is 1. The Kier molecular flexibility index (Phi) is 5.27. The lowest BCUT2D eigenvalue weighted by Crippen LogP contribution is -2.46. The maximum absolute atomic E-state index is 14.6. The van der Waals surface area contributed by atoms with Crippen LogP contribution in [0, 0.1) is 11.6 Å². The fourth-order valence-electron chi connectivity index (χ4n) is 4.55. The van der Waals surface area contributed by atoms with E-state index >= 15 is 0 Å². The van der Waals surface area contributed by atoms with E-state index in [-0.39, 0.29) is 18.1 Å². The van der Waals surface area contributed by atoms with Crippen LogP contribution in [0.3, 0.4) is 0 Å². The van der Waals surface area contributed by atoms with E-state index in [1.807, 2.05) is 0 Å². The molecule has 33 heavy (non-hydrogen) atoms. The summed E-state index contributed by atoms with van der Waals surface area (Å²) in [4.78, 5) is 20.2. The van der Waals surface area contributed by atoms with Crippen molar-refractivity contribution in [1.29, 1.82) is 0 Å². The maximum Gasteiger partial charge on any atom is 0.322 e. The standard InChI is InChI=1S/C21H20B2F2N6O2/c22-21(23)6-3-17(14-9-12(24)1-2-15(14)25)31(21)18-5-8-30-19(28-18)16(10-26-30)27-20(33)29-7-4-13(32)11-29/h1-2,5,8-10,13,17,32H,3-4,6-7,11H2,(H,27,33)/t13-,17?/m0/s1. The topological polar surface area (TPSA) is 86.0 Å². The van der Waals surface area contributed by atoms with Crippen LogP contribution in [0.4, 0.5) is 25.1 Å². The second kappa shape index (κ2) is 8.02. The number of β-amino-alcohol motifs (C(OH)–C–C–N with tert-alkyl or cyclic N) is 1. The van der Waals surface area contributed by atoms with Gasteiger partial charge in [0.15, 0.2) is 5.65 Å². The Balaban J connectivity index is 1.50. The van der Waals surface area contributed by atoms with Crippen LogP contribution in [0.5, 0.6) is 0 Å². The number of halogens is 2. The van der Waals surface area contributed by atoms with Gasteiger partial charge in [0.05, 0.1) is 34.0 Å². The molecule has 1 unspecified atom stereocenters. The van der Waals surface area contributed by atoms with Crippen LogP contribution >= 0.6 is 0 Å². The molecule has 166 valence electrons. The zero-order chi connectivity index (χ0) is 23.3. The first kappa shape index (κ1) is 21.7. The highest BCUT2D eigenvalue weighted by Crippen LogP contribution is 2.43. The molecule has 2 N–H and O–H groups in total. The lowest BCUT2D eigenvalue weighted by molar-refractivity contribution is 0.176. The average molecular weight is 448 g/mol. The quantitative estimate of drug-likeness (QED) is 0.599. The van der Waals surface area contributed by atoms with E-state index in [9.17, 15) is 18.7 Å². The van der Waals surface area contributed by atoms with Crippen molar-refractivity contribution in [3.63, 3.8) is 0 Å². The zero-order valence-corrected chi connectivity index (χ0v) is 17.7. The first-order valence-electron chi connectivity index (χ1n) is 10.6. The van der Waals surface area contributed by atoms with Crippen LogP contribution in [0.15, 0.2) is 36.7 Å². The second-order valence-electron chi connectivity index (χ2n) is 8.51. The van der Waals surface area contributed by atoms with Gasteiger partial charge < -0.3 is 20.2 Å². The molecule has 0 saturated carbocycles. The number of benzene rings is 1. The van der Waals surface area contributed by atoms with Gasteiger partial charge in [0.2, 0.25) is 0 Å². The summed E-state index contributed by atoms with van der Waals surface area (Å²) in [5, 5.41) is 15.3. The first-order chi connectivity index (χ1) is 15.7.